The van der Waals surface area contributed by atoms with Gasteiger partial charge >= 0.3 is 11.9 Å². The van der Waals surface area contributed by atoms with Gasteiger partial charge in [-0.3, -0.25) is 9.59 Å². The highest BCUT2D eigenvalue weighted by Crippen LogP contribution is 2.47. The van der Waals surface area contributed by atoms with E-state index in [1.807, 2.05) is 0 Å². The predicted molar refractivity (Wildman–Crippen MR) is 81.1 cm³/mol. The zero-order chi connectivity index (χ0) is 16.2. The summed E-state index contributed by atoms with van der Waals surface area (Å²) in [6.45, 7) is 3.54. The van der Waals surface area contributed by atoms with Crippen LogP contribution in [0.25, 0.3) is 0 Å². The Morgan fingerprint density at radius 2 is 1.91 bits per heavy atom. The number of hydrogen-bond acceptors (Lipinski definition) is 5. The molecule has 5 nitrogen and oxygen atoms in total. The lowest BCUT2D eigenvalue weighted by Gasteiger charge is -2.41. The molecule has 0 unspecified atom stereocenters. The maximum absolute atomic E-state index is 11.8. The lowest BCUT2D eigenvalue weighted by atomic mass is 9.71. The van der Waals surface area contributed by atoms with Gasteiger partial charge in [-0.2, -0.15) is 0 Å². The maximum atomic E-state index is 11.8. The molecule has 2 aliphatic rings. The Kier molecular flexibility index (Phi) is 5.84. The molecule has 22 heavy (non-hydrogen) atoms. The van der Waals surface area contributed by atoms with Crippen molar-refractivity contribution in [2.24, 2.45) is 11.8 Å². The Morgan fingerprint density at radius 1 is 1.18 bits per heavy atom. The monoisotopic (exact) mass is 312 g/mol. The molecule has 0 heterocycles. The van der Waals surface area contributed by atoms with Crippen molar-refractivity contribution in [2.45, 2.75) is 76.9 Å². The summed E-state index contributed by atoms with van der Waals surface area (Å²) >= 11 is 0. The second kappa shape index (κ2) is 7.44. The highest BCUT2D eigenvalue weighted by Gasteiger charge is 2.49. The van der Waals surface area contributed by atoms with Crippen molar-refractivity contribution in [1.82, 2.24) is 0 Å². The van der Waals surface area contributed by atoms with Crippen molar-refractivity contribution >= 4 is 11.9 Å². The molecular formula is C17H28O5. The molecule has 0 radical (unpaired) electrons. The van der Waals surface area contributed by atoms with Gasteiger partial charge in [-0.05, 0) is 44.9 Å². The second-order valence-electron chi connectivity index (χ2n) is 6.68. The minimum Gasteiger partial charge on any atom is -0.466 e. The largest absolute Gasteiger partial charge is 0.466 e. The van der Waals surface area contributed by atoms with Crippen molar-refractivity contribution < 1.29 is 24.2 Å². The lowest BCUT2D eigenvalue weighted by Crippen LogP contribution is -2.45. The molecule has 1 N–H and O–H groups in total. The van der Waals surface area contributed by atoms with Crippen molar-refractivity contribution in [3.05, 3.63) is 0 Å². The van der Waals surface area contributed by atoms with Gasteiger partial charge in [0.25, 0.3) is 0 Å². The topological polar surface area (TPSA) is 72.8 Å². The number of hydrogen-bond donors (Lipinski definition) is 1. The molecule has 2 aliphatic carbocycles. The fraction of sp³-hybridized carbons (Fsp3) is 0.882. The second-order valence-corrected chi connectivity index (χ2v) is 6.68. The van der Waals surface area contributed by atoms with E-state index in [0.29, 0.717) is 13.0 Å². The molecule has 2 rings (SSSR count). The van der Waals surface area contributed by atoms with Crippen LogP contribution in [0, 0.1) is 11.8 Å². The molecule has 0 amide bonds. The first-order valence-electron chi connectivity index (χ1n) is 8.51. The lowest BCUT2D eigenvalue weighted by molar-refractivity contribution is -0.161. The average Bonchev–Trinajstić information content (AvgIpc) is 2.80. The van der Waals surface area contributed by atoms with E-state index >= 15 is 0 Å². The molecule has 0 aromatic heterocycles. The van der Waals surface area contributed by atoms with Crippen LogP contribution in [-0.2, 0) is 19.1 Å². The van der Waals surface area contributed by atoms with Gasteiger partial charge in [-0.1, -0.05) is 12.8 Å². The Balaban J connectivity index is 2.09. The van der Waals surface area contributed by atoms with Gasteiger partial charge in [-0.15, -0.1) is 0 Å². The van der Waals surface area contributed by atoms with Crippen LogP contribution in [0.15, 0.2) is 0 Å². The SMILES string of the molecule is CCOC(=O)C[C@]1(O)CCC[C@H]1[C@H]1CCCC[C@@H]1OC(C)=O. The highest BCUT2D eigenvalue weighted by molar-refractivity contribution is 5.70. The average molecular weight is 312 g/mol. The minimum atomic E-state index is -1.01. The molecular weight excluding hydrogens is 284 g/mol. The number of carbonyl (C=O) groups is 2. The summed E-state index contributed by atoms with van der Waals surface area (Å²) in [6.07, 6.45) is 6.30. The number of carbonyl (C=O) groups excluding carboxylic acids is 2. The Morgan fingerprint density at radius 3 is 2.59 bits per heavy atom. The van der Waals surface area contributed by atoms with Crippen LogP contribution in [0.5, 0.6) is 0 Å². The minimum absolute atomic E-state index is 0.0153. The molecule has 4 atom stereocenters. The zero-order valence-corrected chi connectivity index (χ0v) is 13.7. The van der Waals surface area contributed by atoms with Gasteiger partial charge in [0.2, 0.25) is 0 Å². The van der Waals surface area contributed by atoms with E-state index in [1.54, 1.807) is 6.92 Å². The number of ether oxygens (including phenoxy) is 2. The molecule has 126 valence electrons. The standard InChI is InChI=1S/C17H28O5/c1-3-21-16(19)11-17(20)10-6-8-14(17)13-7-4-5-9-15(13)22-12(2)18/h13-15,20H,3-11H2,1-2H3/t13-,14+,15+,17-/m1/s1. The zero-order valence-electron chi connectivity index (χ0n) is 13.7. The van der Waals surface area contributed by atoms with Gasteiger partial charge < -0.3 is 14.6 Å². The van der Waals surface area contributed by atoms with Crippen molar-refractivity contribution in [2.75, 3.05) is 6.61 Å². The number of rotatable bonds is 5. The third kappa shape index (κ3) is 4.00. The molecule has 2 saturated carbocycles. The van der Waals surface area contributed by atoms with Gasteiger partial charge in [0.1, 0.15) is 6.10 Å². The van der Waals surface area contributed by atoms with Crippen molar-refractivity contribution in [1.29, 1.82) is 0 Å². The summed E-state index contributed by atoms with van der Waals surface area (Å²) in [5.74, 6) is -0.429. The van der Waals surface area contributed by atoms with Crippen LogP contribution in [0.3, 0.4) is 0 Å². The molecule has 0 aromatic rings. The quantitative estimate of drug-likeness (QED) is 0.790. The van der Waals surface area contributed by atoms with Gasteiger partial charge in [0.15, 0.2) is 0 Å². The molecule has 5 heteroatoms. The fourth-order valence-electron chi connectivity index (χ4n) is 4.32. The smallest absolute Gasteiger partial charge is 0.308 e. The van der Waals surface area contributed by atoms with Crippen LogP contribution in [-0.4, -0.2) is 35.4 Å². The Labute approximate surface area is 132 Å². The van der Waals surface area contributed by atoms with E-state index in [0.717, 1.165) is 38.5 Å². The Bertz CT molecular complexity index is 408. The third-order valence-electron chi connectivity index (χ3n) is 5.16. The van der Waals surface area contributed by atoms with E-state index < -0.39 is 5.60 Å². The van der Waals surface area contributed by atoms with Crippen molar-refractivity contribution in [3.63, 3.8) is 0 Å². The van der Waals surface area contributed by atoms with Crippen LogP contribution in [0.4, 0.5) is 0 Å². The van der Waals surface area contributed by atoms with Gasteiger partial charge in [-0.25, -0.2) is 0 Å². The highest BCUT2D eigenvalue weighted by atomic mass is 16.5. The summed E-state index contributed by atoms with van der Waals surface area (Å²) in [6, 6.07) is 0. The predicted octanol–water partition coefficient (Wildman–Crippen LogP) is 2.59. The third-order valence-corrected chi connectivity index (χ3v) is 5.16. The normalized spacial score (nSPS) is 35.1. The molecule has 2 fully saturated rings. The van der Waals surface area contributed by atoms with E-state index in [-0.39, 0.29) is 36.3 Å². The maximum Gasteiger partial charge on any atom is 0.308 e. The molecule has 0 bridgehead atoms. The van der Waals surface area contributed by atoms with Crippen LogP contribution >= 0.6 is 0 Å². The first-order valence-corrected chi connectivity index (χ1v) is 8.51. The summed E-state index contributed by atoms with van der Waals surface area (Å²) in [4.78, 5) is 23.2. The van der Waals surface area contributed by atoms with E-state index in [4.69, 9.17) is 9.47 Å². The van der Waals surface area contributed by atoms with E-state index in [1.165, 1.54) is 6.92 Å². The van der Waals surface area contributed by atoms with E-state index in [9.17, 15) is 14.7 Å². The number of esters is 2. The Hall–Kier alpha value is -1.10. The molecule has 0 saturated heterocycles. The van der Waals surface area contributed by atoms with Crippen molar-refractivity contribution in [3.8, 4) is 0 Å². The molecule has 0 aliphatic heterocycles. The summed E-state index contributed by atoms with van der Waals surface area (Å²) in [5, 5.41) is 11.0. The first kappa shape index (κ1) is 17.3. The summed E-state index contributed by atoms with van der Waals surface area (Å²) in [5.41, 5.74) is -1.01. The number of aliphatic hydroxyl groups is 1. The molecule has 0 aromatic carbocycles. The van der Waals surface area contributed by atoms with Crippen LogP contribution in [0.2, 0.25) is 0 Å². The van der Waals surface area contributed by atoms with Crippen LogP contribution < -0.4 is 0 Å². The van der Waals surface area contributed by atoms with E-state index in [2.05, 4.69) is 0 Å². The molecule has 0 spiro atoms. The van der Waals surface area contributed by atoms with Gasteiger partial charge in [0, 0.05) is 12.8 Å². The fourth-order valence-corrected chi connectivity index (χ4v) is 4.32. The summed E-state index contributed by atoms with van der Waals surface area (Å²) in [7, 11) is 0. The summed E-state index contributed by atoms with van der Waals surface area (Å²) < 4.78 is 10.5. The van der Waals surface area contributed by atoms with Crippen LogP contribution in [0.1, 0.15) is 65.2 Å². The first-order chi connectivity index (χ1) is 10.5. The van der Waals surface area contributed by atoms with Gasteiger partial charge in [0.05, 0.1) is 18.6 Å².